The Hall–Kier alpha value is -0.750. The van der Waals surface area contributed by atoms with Gasteiger partial charge < -0.3 is 10.2 Å². The van der Waals surface area contributed by atoms with Crippen molar-refractivity contribution in [2.24, 2.45) is 0 Å². The van der Waals surface area contributed by atoms with Crippen molar-refractivity contribution in [3.8, 4) is 0 Å². The first-order valence-corrected chi connectivity index (χ1v) is 7.13. The Balaban J connectivity index is 1.78. The Kier molecular flexibility index (Phi) is 3.24. The molecular weight excluding hydrogens is 236 g/mol. The molecule has 94 valence electrons. The third kappa shape index (κ3) is 2.15. The van der Waals surface area contributed by atoms with Crippen LogP contribution in [0.2, 0.25) is 0 Å². The summed E-state index contributed by atoms with van der Waals surface area (Å²) in [5, 5.41) is 10.2. The van der Waals surface area contributed by atoms with Crippen LogP contribution in [0.4, 0.5) is 0 Å². The van der Waals surface area contributed by atoms with Crippen LogP contribution in [-0.2, 0) is 11.2 Å². The molecule has 0 bridgehead atoms. The van der Waals surface area contributed by atoms with E-state index >= 15 is 0 Å². The molecule has 1 fully saturated rings. The van der Waals surface area contributed by atoms with Gasteiger partial charge >= 0.3 is 0 Å². The summed E-state index contributed by atoms with van der Waals surface area (Å²) in [7, 11) is 1.72. The van der Waals surface area contributed by atoms with E-state index in [1.165, 1.54) is 25.7 Å². The van der Waals surface area contributed by atoms with E-state index in [1.54, 1.807) is 7.11 Å². The molecule has 17 heavy (non-hydrogen) atoms. The van der Waals surface area contributed by atoms with E-state index in [2.05, 4.69) is 20.3 Å². The van der Waals surface area contributed by atoms with Crippen LogP contribution in [0.3, 0.4) is 0 Å². The topological polar surface area (TPSA) is 52.0 Å². The maximum absolute atomic E-state index is 5.10. The minimum absolute atomic E-state index is 0.582. The van der Waals surface area contributed by atoms with Crippen LogP contribution < -0.4 is 5.43 Å². The number of hydrogen-bond acceptors (Lipinski definition) is 5. The number of fused-ring (bicyclic) bond motifs is 2. The van der Waals surface area contributed by atoms with Crippen molar-refractivity contribution in [3.63, 3.8) is 0 Å². The third-order valence-corrected chi connectivity index (χ3v) is 4.83. The number of methoxy groups -OCH3 is 1. The van der Waals surface area contributed by atoms with Crippen molar-refractivity contribution in [3.05, 3.63) is 5.82 Å². The van der Waals surface area contributed by atoms with Gasteiger partial charge in [-0.2, -0.15) is 0 Å². The van der Waals surface area contributed by atoms with Crippen LogP contribution in [0, 0.1) is 0 Å². The molecule has 1 aromatic rings. The highest BCUT2D eigenvalue weighted by Crippen LogP contribution is 2.36. The van der Waals surface area contributed by atoms with Crippen LogP contribution in [-0.4, -0.2) is 39.9 Å². The molecular formula is C11H18N4OS. The van der Waals surface area contributed by atoms with Crippen molar-refractivity contribution >= 4 is 11.8 Å². The highest BCUT2D eigenvalue weighted by atomic mass is 32.2. The fraction of sp³-hybridized carbons (Fsp3) is 0.818. The van der Waals surface area contributed by atoms with Gasteiger partial charge in [0, 0.05) is 18.8 Å². The van der Waals surface area contributed by atoms with Crippen LogP contribution in [0.5, 0.6) is 0 Å². The van der Waals surface area contributed by atoms with E-state index in [-0.39, 0.29) is 0 Å². The predicted octanol–water partition coefficient (Wildman–Crippen LogP) is 1.43. The molecule has 2 atom stereocenters. The average molecular weight is 254 g/mol. The molecule has 0 spiro atoms. The molecule has 1 saturated carbocycles. The number of aromatic nitrogens is 3. The molecule has 2 aliphatic rings. The van der Waals surface area contributed by atoms with E-state index < -0.39 is 0 Å². The second-order valence-corrected chi connectivity index (χ2v) is 5.86. The Labute approximate surface area is 105 Å². The van der Waals surface area contributed by atoms with E-state index in [0.29, 0.717) is 17.9 Å². The van der Waals surface area contributed by atoms with Crippen molar-refractivity contribution in [1.29, 1.82) is 0 Å². The predicted molar refractivity (Wildman–Crippen MR) is 66.9 cm³/mol. The summed E-state index contributed by atoms with van der Waals surface area (Å²) in [6, 6.07) is 0.582. The Morgan fingerprint density at radius 2 is 2.29 bits per heavy atom. The van der Waals surface area contributed by atoms with E-state index in [0.717, 1.165) is 17.4 Å². The summed E-state index contributed by atoms with van der Waals surface area (Å²) in [6.07, 6.45) is 6.05. The first kappa shape index (κ1) is 11.3. The number of rotatable bonds is 3. The quantitative estimate of drug-likeness (QED) is 0.884. The molecule has 0 aromatic carbocycles. The van der Waals surface area contributed by atoms with Gasteiger partial charge in [0.25, 0.3) is 0 Å². The maximum atomic E-state index is 5.10. The molecule has 1 aromatic heterocycles. The molecule has 0 saturated heterocycles. The fourth-order valence-corrected chi connectivity index (χ4v) is 3.82. The second kappa shape index (κ2) is 4.86. The van der Waals surface area contributed by atoms with Gasteiger partial charge in [0.1, 0.15) is 0 Å². The first-order chi connectivity index (χ1) is 8.38. The molecule has 5 nitrogen and oxygen atoms in total. The van der Waals surface area contributed by atoms with Gasteiger partial charge in [-0.15, -0.1) is 10.2 Å². The average Bonchev–Trinajstić information content (AvgIpc) is 2.76. The van der Waals surface area contributed by atoms with Gasteiger partial charge in [0.05, 0.1) is 12.6 Å². The zero-order chi connectivity index (χ0) is 11.7. The Bertz CT molecular complexity index is 381. The zero-order valence-electron chi connectivity index (χ0n) is 10.1. The lowest BCUT2D eigenvalue weighted by molar-refractivity contribution is 0.199. The molecule has 1 aliphatic carbocycles. The smallest absolute Gasteiger partial charge is 0.210 e. The number of nitrogens with zero attached hydrogens (tertiary/aromatic N) is 3. The monoisotopic (exact) mass is 254 g/mol. The third-order valence-electron chi connectivity index (χ3n) is 3.48. The molecule has 0 radical (unpaired) electrons. The van der Waals surface area contributed by atoms with Gasteiger partial charge in [0.15, 0.2) is 5.82 Å². The summed E-state index contributed by atoms with van der Waals surface area (Å²) in [5.74, 6) is 0.985. The fourth-order valence-electron chi connectivity index (χ4n) is 2.55. The molecule has 1 aliphatic heterocycles. The highest BCUT2D eigenvalue weighted by Gasteiger charge is 2.33. The van der Waals surface area contributed by atoms with Gasteiger partial charge in [-0.25, -0.2) is 4.68 Å². The van der Waals surface area contributed by atoms with Crippen LogP contribution >= 0.6 is 11.8 Å². The normalized spacial score (nSPS) is 27.1. The number of thioether (sulfide) groups is 1. The van der Waals surface area contributed by atoms with Gasteiger partial charge in [-0.1, -0.05) is 24.6 Å². The van der Waals surface area contributed by atoms with E-state index in [1.807, 2.05) is 11.8 Å². The first-order valence-electron chi connectivity index (χ1n) is 6.25. The lowest BCUT2D eigenvalue weighted by Gasteiger charge is -2.36. The second-order valence-electron chi connectivity index (χ2n) is 4.65. The Morgan fingerprint density at radius 3 is 3.18 bits per heavy atom. The van der Waals surface area contributed by atoms with Crippen LogP contribution in [0.1, 0.15) is 31.5 Å². The minimum Gasteiger partial charge on any atom is -0.384 e. The zero-order valence-corrected chi connectivity index (χ0v) is 10.9. The molecule has 3 rings (SSSR count). The maximum Gasteiger partial charge on any atom is 0.210 e. The summed E-state index contributed by atoms with van der Waals surface area (Å²) in [4.78, 5) is 0. The molecule has 6 heteroatoms. The van der Waals surface area contributed by atoms with Crippen molar-refractivity contribution in [2.45, 2.75) is 48.6 Å². The largest absolute Gasteiger partial charge is 0.384 e. The summed E-state index contributed by atoms with van der Waals surface area (Å²) in [6.45, 7) is 0.693. The standard InChI is InChI=1S/C11H18N4OS/c1-16-7-6-10-12-13-11-15(10)14-8-4-2-3-5-9(8)17-11/h8-9,14H,2-7H2,1H3. The summed E-state index contributed by atoms with van der Waals surface area (Å²) < 4.78 is 7.16. The molecule has 2 heterocycles. The molecule has 0 amide bonds. The van der Waals surface area contributed by atoms with Gasteiger partial charge in [-0.3, -0.25) is 0 Å². The van der Waals surface area contributed by atoms with Crippen molar-refractivity contribution in [2.75, 3.05) is 19.1 Å². The summed E-state index contributed by atoms with van der Waals surface area (Å²) in [5.41, 5.74) is 3.57. The Morgan fingerprint density at radius 1 is 1.41 bits per heavy atom. The van der Waals surface area contributed by atoms with Crippen LogP contribution in [0.25, 0.3) is 0 Å². The van der Waals surface area contributed by atoms with E-state index in [4.69, 9.17) is 4.74 Å². The van der Waals surface area contributed by atoms with Gasteiger partial charge in [-0.05, 0) is 12.8 Å². The van der Waals surface area contributed by atoms with Crippen molar-refractivity contribution < 1.29 is 4.74 Å². The lowest BCUT2D eigenvalue weighted by atomic mass is 9.95. The highest BCUT2D eigenvalue weighted by molar-refractivity contribution is 7.99. The number of hydrogen-bond donors (Lipinski definition) is 1. The van der Waals surface area contributed by atoms with Crippen LogP contribution in [0.15, 0.2) is 5.16 Å². The molecule has 1 N–H and O–H groups in total. The summed E-state index contributed by atoms with van der Waals surface area (Å²) >= 11 is 1.88. The number of nitrogens with one attached hydrogen (secondary N) is 1. The number of ether oxygens (including phenoxy) is 1. The SMILES string of the molecule is COCCc1nnc2n1NC1CCCCC1S2. The molecule has 2 unspecified atom stereocenters. The minimum atomic E-state index is 0.582. The lowest BCUT2D eigenvalue weighted by Crippen LogP contribution is -2.43. The van der Waals surface area contributed by atoms with Crippen molar-refractivity contribution in [1.82, 2.24) is 14.9 Å². The van der Waals surface area contributed by atoms with Gasteiger partial charge in [0.2, 0.25) is 5.16 Å². The van der Waals surface area contributed by atoms with E-state index in [9.17, 15) is 0 Å².